The first-order valence-electron chi connectivity index (χ1n) is 5.64. The molecule has 17 heavy (non-hydrogen) atoms. The zero-order valence-corrected chi connectivity index (χ0v) is 10.2. The van der Waals surface area contributed by atoms with E-state index < -0.39 is 6.04 Å². The van der Waals surface area contributed by atoms with Gasteiger partial charge in [0.2, 0.25) is 11.8 Å². The highest BCUT2D eigenvalue weighted by Gasteiger charge is 2.31. The quantitative estimate of drug-likeness (QED) is 0.709. The summed E-state index contributed by atoms with van der Waals surface area (Å²) in [6, 6.07) is -0.576. The molecule has 6 nitrogen and oxygen atoms in total. The predicted molar refractivity (Wildman–Crippen MR) is 60.3 cm³/mol. The molecule has 96 valence electrons. The first kappa shape index (κ1) is 13.6. The second-order valence-corrected chi connectivity index (χ2v) is 3.99. The minimum atomic E-state index is -0.576. The number of carbonyl (C=O) groups excluding carboxylic acids is 3. The summed E-state index contributed by atoms with van der Waals surface area (Å²) in [7, 11) is 1.52. The summed E-state index contributed by atoms with van der Waals surface area (Å²) >= 11 is 0. The second-order valence-electron chi connectivity index (χ2n) is 3.99. The van der Waals surface area contributed by atoms with E-state index in [-0.39, 0.29) is 37.0 Å². The molecule has 0 aromatic rings. The summed E-state index contributed by atoms with van der Waals surface area (Å²) in [6.45, 7) is 2.49. The third-order valence-corrected chi connectivity index (χ3v) is 2.69. The summed E-state index contributed by atoms with van der Waals surface area (Å²) in [5, 5.41) is 2.50. The van der Waals surface area contributed by atoms with Crippen LogP contribution in [0.15, 0.2) is 0 Å². The highest BCUT2D eigenvalue weighted by Crippen LogP contribution is 2.10. The number of nitrogens with zero attached hydrogens (tertiary/aromatic N) is 1. The Morgan fingerprint density at radius 1 is 1.35 bits per heavy atom. The van der Waals surface area contributed by atoms with Gasteiger partial charge in [0, 0.05) is 26.4 Å². The van der Waals surface area contributed by atoms with Crippen molar-refractivity contribution >= 4 is 17.6 Å². The highest BCUT2D eigenvalue weighted by molar-refractivity contribution is 5.89. The van der Waals surface area contributed by atoms with E-state index in [0.717, 1.165) is 0 Å². The van der Waals surface area contributed by atoms with E-state index in [4.69, 9.17) is 4.74 Å². The molecule has 1 heterocycles. The fraction of sp³-hybridized carbons (Fsp3) is 0.727. The molecule has 2 amide bonds. The number of amides is 2. The predicted octanol–water partition coefficient (Wildman–Crippen LogP) is -0.671. The van der Waals surface area contributed by atoms with Gasteiger partial charge in [0.05, 0.1) is 13.2 Å². The zero-order chi connectivity index (χ0) is 12.8. The van der Waals surface area contributed by atoms with Gasteiger partial charge >= 0.3 is 0 Å². The topological polar surface area (TPSA) is 75.7 Å². The molecule has 1 atom stereocenters. The molecule has 0 spiro atoms. The van der Waals surface area contributed by atoms with Gasteiger partial charge < -0.3 is 19.7 Å². The lowest BCUT2D eigenvalue weighted by Gasteiger charge is -2.34. The van der Waals surface area contributed by atoms with Crippen LogP contribution in [0.5, 0.6) is 0 Å². The molecule has 0 radical (unpaired) electrons. The van der Waals surface area contributed by atoms with Gasteiger partial charge in [-0.1, -0.05) is 0 Å². The van der Waals surface area contributed by atoms with E-state index in [2.05, 4.69) is 5.32 Å². The van der Waals surface area contributed by atoms with Crippen LogP contribution in [0.2, 0.25) is 0 Å². The molecule has 0 aliphatic carbocycles. The third-order valence-electron chi connectivity index (χ3n) is 2.69. The minimum Gasteiger partial charge on any atom is -0.377 e. The smallest absolute Gasteiger partial charge is 0.244 e. The molecule has 1 unspecified atom stereocenters. The van der Waals surface area contributed by atoms with E-state index in [9.17, 15) is 14.4 Å². The summed E-state index contributed by atoms with van der Waals surface area (Å²) in [6.07, 6.45) is 0.374. The van der Waals surface area contributed by atoms with Gasteiger partial charge in [0.1, 0.15) is 11.8 Å². The Morgan fingerprint density at radius 3 is 2.65 bits per heavy atom. The molecule has 1 aliphatic heterocycles. The van der Waals surface area contributed by atoms with Gasteiger partial charge in [-0.3, -0.25) is 9.59 Å². The number of carbonyl (C=O) groups is 3. The summed E-state index contributed by atoms with van der Waals surface area (Å²) in [5.74, 6) is -0.430. The maximum Gasteiger partial charge on any atom is 0.244 e. The Bertz CT molecular complexity index is 317. The van der Waals surface area contributed by atoms with Gasteiger partial charge in [-0.25, -0.2) is 0 Å². The second kappa shape index (κ2) is 6.34. The molecule has 0 bridgehead atoms. The number of likely N-dealkylation sites (N-methyl/N-ethyl adjacent to an activating group) is 1. The number of ketones is 1. The van der Waals surface area contributed by atoms with Gasteiger partial charge in [-0.15, -0.1) is 0 Å². The fourth-order valence-corrected chi connectivity index (χ4v) is 1.71. The highest BCUT2D eigenvalue weighted by atomic mass is 16.5. The number of hydrogen-bond donors (Lipinski definition) is 1. The number of ether oxygens (including phenoxy) is 1. The van der Waals surface area contributed by atoms with Gasteiger partial charge in [0.25, 0.3) is 0 Å². The molecule has 0 saturated carbocycles. The molecule has 0 aromatic heterocycles. The lowest BCUT2D eigenvalue weighted by Crippen LogP contribution is -2.55. The summed E-state index contributed by atoms with van der Waals surface area (Å²) < 4.78 is 5.19. The number of nitrogens with one attached hydrogen (secondary N) is 1. The van der Waals surface area contributed by atoms with Crippen LogP contribution in [0.1, 0.15) is 19.8 Å². The molecule has 1 N–H and O–H groups in total. The molecular formula is C11H18N2O4. The number of hydrogen-bond acceptors (Lipinski definition) is 4. The normalized spacial score (nSPS) is 19.9. The van der Waals surface area contributed by atoms with Crippen molar-refractivity contribution in [3.63, 3.8) is 0 Å². The molecule has 1 rings (SSSR count). The van der Waals surface area contributed by atoms with E-state index in [0.29, 0.717) is 13.2 Å². The molecule has 1 saturated heterocycles. The van der Waals surface area contributed by atoms with Gasteiger partial charge in [-0.2, -0.15) is 0 Å². The van der Waals surface area contributed by atoms with E-state index >= 15 is 0 Å². The van der Waals surface area contributed by atoms with Crippen LogP contribution in [0.3, 0.4) is 0 Å². The van der Waals surface area contributed by atoms with Gasteiger partial charge in [0.15, 0.2) is 0 Å². The number of rotatable bonds is 4. The van der Waals surface area contributed by atoms with Crippen molar-refractivity contribution in [3.8, 4) is 0 Å². The Balaban J connectivity index is 2.60. The molecule has 1 fully saturated rings. The summed E-state index contributed by atoms with van der Waals surface area (Å²) in [5.41, 5.74) is 0. The Hall–Kier alpha value is -1.43. The lowest BCUT2D eigenvalue weighted by atomic mass is 10.1. The Kier molecular flexibility index (Phi) is 5.09. The van der Waals surface area contributed by atoms with Crippen LogP contribution in [-0.2, 0) is 19.1 Å². The Morgan fingerprint density at radius 2 is 2.06 bits per heavy atom. The third kappa shape index (κ3) is 3.81. The Labute approximate surface area is 100 Å². The minimum absolute atomic E-state index is 0.0249. The monoisotopic (exact) mass is 242 g/mol. The van der Waals surface area contributed by atoms with E-state index in [1.807, 2.05) is 0 Å². The standard InChI is InChI=1S/C11H18N2O4/c1-8(14)3-4-10(15)13-5-6-17-7-9(13)11(16)12-2/h9H,3-7H2,1-2H3,(H,12,16). The molecule has 6 heteroatoms. The van der Waals surface area contributed by atoms with Crippen LogP contribution in [0.4, 0.5) is 0 Å². The molecular weight excluding hydrogens is 224 g/mol. The lowest BCUT2D eigenvalue weighted by molar-refractivity contribution is -0.148. The largest absolute Gasteiger partial charge is 0.377 e. The van der Waals surface area contributed by atoms with Crippen molar-refractivity contribution in [3.05, 3.63) is 0 Å². The van der Waals surface area contributed by atoms with Crippen LogP contribution in [0, 0.1) is 0 Å². The maximum atomic E-state index is 11.9. The average Bonchev–Trinajstić information content (AvgIpc) is 2.34. The van der Waals surface area contributed by atoms with Crippen molar-refractivity contribution in [2.45, 2.75) is 25.8 Å². The van der Waals surface area contributed by atoms with Crippen molar-refractivity contribution in [1.29, 1.82) is 0 Å². The van der Waals surface area contributed by atoms with Crippen LogP contribution < -0.4 is 5.32 Å². The van der Waals surface area contributed by atoms with Crippen LogP contribution >= 0.6 is 0 Å². The molecule has 1 aliphatic rings. The first-order valence-corrected chi connectivity index (χ1v) is 5.64. The van der Waals surface area contributed by atoms with Gasteiger partial charge in [-0.05, 0) is 6.92 Å². The first-order chi connectivity index (χ1) is 8.06. The van der Waals surface area contributed by atoms with Crippen LogP contribution in [-0.4, -0.2) is 55.3 Å². The van der Waals surface area contributed by atoms with E-state index in [1.165, 1.54) is 18.9 Å². The SMILES string of the molecule is CNC(=O)C1COCCN1C(=O)CCC(C)=O. The maximum absolute atomic E-state index is 11.9. The summed E-state index contributed by atoms with van der Waals surface area (Å²) in [4.78, 5) is 35.8. The van der Waals surface area contributed by atoms with E-state index in [1.54, 1.807) is 0 Å². The van der Waals surface area contributed by atoms with Crippen molar-refractivity contribution in [2.75, 3.05) is 26.8 Å². The number of morpholine rings is 1. The zero-order valence-electron chi connectivity index (χ0n) is 10.2. The number of Topliss-reactive ketones (excluding diaryl/α,β-unsaturated/α-hetero) is 1. The van der Waals surface area contributed by atoms with Crippen molar-refractivity contribution in [1.82, 2.24) is 10.2 Å². The van der Waals surface area contributed by atoms with Crippen molar-refractivity contribution in [2.24, 2.45) is 0 Å². The fourth-order valence-electron chi connectivity index (χ4n) is 1.71. The molecule has 0 aromatic carbocycles. The van der Waals surface area contributed by atoms with Crippen molar-refractivity contribution < 1.29 is 19.1 Å². The average molecular weight is 242 g/mol. The van der Waals surface area contributed by atoms with Crippen LogP contribution in [0.25, 0.3) is 0 Å².